The summed E-state index contributed by atoms with van der Waals surface area (Å²) in [6, 6.07) is 6.65. The second-order valence-electron chi connectivity index (χ2n) is 7.75. The van der Waals surface area contributed by atoms with Crippen LogP contribution in [0.25, 0.3) is 5.57 Å². The summed E-state index contributed by atoms with van der Waals surface area (Å²) in [5.74, 6) is -0.598. The minimum Gasteiger partial charge on any atom is -0.463 e. The second-order valence-corrected chi connectivity index (χ2v) is 8.19. The van der Waals surface area contributed by atoms with E-state index >= 15 is 4.39 Å². The summed E-state index contributed by atoms with van der Waals surface area (Å²) in [6.07, 6.45) is 0.854. The Labute approximate surface area is 170 Å². The first kappa shape index (κ1) is 22.2. The number of esters is 1. The number of rotatable bonds is 4. The fourth-order valence-corrected chi connectivity index (χ4v) is 3.17. The first-order chi connectivity index (χ1) is 13.0. The Morgan fingerprint density at radius 1 is 1.21 bits per heavy atom. The van der Waals surface area contributed by atoms with E-state index in [9.17, 15) is 9.59 Å². The number of benzene rings is 1. The van der Waals surface area contributed by atoms with Crippen molar-refractivity contribution in [2.24, 2.45) is 0 Å². The molecule has 1 aliphatic heterocycles. The summed E-state index contributed by atoms with van der Waals surface area (Å²) in [5.41, 5.74) is -1.57. The topological polar surface area (TPSA) is 55.8 Å². The maximum atomic E-state index is 15.9. The average Bonchev–Trinajstić information content (AvgIpc) is 2.60. The fourth-order valence-electron chi connectivity index (χ4n) is 3.04. The highest BCUT2D eigenvalue weighted by atomic mass is 35.5. The van der Waals surface area contributed by atoms with Gasteiger partial charge in [0.2, 0.25) is 0 Å². The molecule has 0 saturated carbocycles. The maximum Gasteiger partial charge on any atom is 0.410 e. The number of carbonyl (C=O) groups excluding carboxylic acids is 2. The summed E-state index contributed by atoms with van der Waals surface area (Å²) >= 11 is 5.94. The van der Waals surface area contributed by atoms with E-state index in [0.717, 1.165) is 0 Å². The van der Waals surface area contributed by atoms with Crippen LogP contribution in [-0.2, 0) is 14.3 Å². The molecule has 0 aromatic heterocycles. The lowest BCUT2D eigenvalue weighted by Gasteiger charge is -2.38. The third-order valence-electron chi connectivity index (χ3n) is 4.39. The van der Waals surface area contributed by atoms with Gasteiger partial charge in [0.25, 0.3) is 0 Å². The Hall–Kier alpha value is -2.08. The van der Waals surface area contributed by atoms with E-state index in [0.29, 0.717) is 10.6 Å². The molecule has 1 aliphatic rings. The van der Waals surface area contributed by atoms with Gasteiger partial charge in [-0.2, -0.15) is 0 Å². The van der Waals surface area contributed by atoms with Gasteiger partial charge in [-0.05, 0) is 45.4 Å². The molecule has 28 heavy (non-hydrogen) atoms. The lowest BCUT2D eigenvalue weighted by Crippen LogP contribution is -2.46. The standard InChI is InChI=1S/C21H27ClFNO4/c1-5-27-18(25)14-17(15-6-8-16(22)9-7-15)21(23)10-12-24(13-11-21)19(26)28-20(2,3)4/h6-9,14H,5,10-13H2,1-4H3/b17-14-. The van der Waals surface area contributed by atoms with Crippen LogP contribution >= 0.6 is 11.6 Å². The van der Waals surface area contributed by atoms with Crippen molar-refractivity contribution in [2.75, 3.05) is 19.7 Å². The molecule has 1 aromatic carbocycles. The fraction of sp³-hybridized carbons (Fsp3) is 0.524. The number of likely N-dealkylation sites (tertiary alicyclic amines) is 1. The smallest absolute Gasteiger partial charge is 0.410 e. The van der Waals surface area contributed by atoms with E-state index in [1.54, 1.807) is 52.0 Å². The van der Waals surface area contributed by atoms with E-state index in [1.807, 2.05) is 0 Å². The zero-order valence-corrected chi connectivity index (χ0v) is 17.5. The van der Waals surface area contributed by atoms with Gasteiger partial charge in [-0.25, -0.2) is 14.0 Å². The Morgan fingerprint density at radius 3 is 2.29 bits per heavy atom. The first-order valence-electron chi connectivity index (χ1n) is 9.36. The number of amides is 1. The number of nitrogens with zero attached hydrogens (tertiary/aromatic N) is 1. The van der Waals surface area contributed by atoms with E-state index in [1.165, 1.54) is 11.0 Å². The molecule has 1 saturated heterocycles. The molecular formula is C21H27ClFNO4. The minimum absolute atomic E-state index is 0.0557. The highest BCUT2D eigenvalue weighted by molar-refractivity contribution is 6.30. The van der Waals surface area contributed by atoms with Gasteiger partial charge in [-0.1, -0.05) is 23.7 Å². The van der Waals surface area contributed by atoms with Crippen molar-refractivity contribution in [3.05, 3.63) is 40.9 Å². The lowest BCUT2D eigenvalue weighted by atomic mass is 9.82. The third kappa shape index (κ3) is 5.96. The van der Waals surface area contributed by atoms with Gasteiger partial charge in [-0.15, -0.1) is 0 Å². The van der Waals surface area contributed by atoms with E-state index in [4.69, 9.17) is 21.1 Å². The number of halogens is 2. The van der Waals surface area contributed by atoms with Gasteiger partial charge >= 0.3 is 12.1 Å². The molecule has 0 unspecified atom stereocenters. The minimum atomic E-state index is -1.76. The molecule has 1 heterocycles. The summed E-state index contributed by atoms with van der Waals surface area (Å²) in [4.78, 5) is 25.8. The number of ether oxygens (including phenoxy) is 2. The zero-order chi connectivity index (χ0) is 20.9. The monoisotopic (exact) mass is 411 g/mol. The van der Waals surface area contributed by atoms with E-state index < -0.39 is 23.3 Å². The molecule has 5 nitrogen and oxygen atoms in total. The summed E-state index contributed by atoms with van der Waals surface area (Å²) in [5, 5.41) is 0.520. The van der Waals surface area contributed by atoms with E-state index in [2.05, 4.69) is 0 Å². The number of allylic oxidation sites excluding steroid dienone is 1. The van der Waals surface area contributed by atoms with Gasteiger partial charge in [0.05, 0.1) is 6.61 Å². The predicted octanol–water partition coefficient (Wildman–Crippen LogP) is 5.03. The Morgan fingerprint density at radius 2 is 1.79 bits per heavy atom. The predicted molar refractivity (Wildman–Crippen MR) is 107 cm³/mol. The van der Waals surface area contributed by atoms with Crippen LogP contribution in [0.15, 0.2) is 30.3 Å². The molecule has 0 N–H and O–H groups in total. The van der Waals surface area contributed by atoms with Crippen LogP contribution in [0, 0.1) is 0 Å². The molecule has 0 radical (unpaired) electrons. The Kier molecular flexibility index (Phi) is 7.10. The second kappa shape index (κ2) is 8.95. The van der Waals surface area contributed by atoms with Crippen molar-refractivity contribution >= 4 is 29.2 Å². The van der Waals surface area contributed by atoms with Crippen molar-refractivity contribution < 1.29 is 23.5 Å². The maximum absolute atomic E-state index is 15.9. The number of alkyl halides is 1. The molecular weight excluding hydrogens is 385 g/mol. The van der Waals surface area contributed by atoms with Gasteiger partial charge in [-0.3, -0.25) is 0 Å². The third-order valence-corrected chi connectivity index (χ3v) is 4.65. The number of hydrogen-bond donors (Lipinski definition) is 0. The van der Waals surface area contributed by atoms with Gasteiger partial charge < -0.3 is 14.4 Å². The number of piperidine rings is 1. The average molecular weight is 412 g/mol. The van der Waals surface area contributed by atoms with Crippen molar-refractivity contribution in [1.29, 1.82) is 0 Å². The summed E-state index contributed by atoms with van der Waals surface area (Å²) < 4.78 is 26.2. The lowest BCUT2D eigenvalue weighted by molar-refractivity contribution is -0.137. The number of carbonyl (C=O) groups is 2. The molecule has 0 bridgehead atoms. The van der Waals surface area contributed by atoms with Crippen LogP contribution in [0.1, 0.15) is 46.1 Å². The molecule has 2 rings (SSSR count). The number of hydrogen-bond acceptors (Lipinski definition) is 4. The van der Waals surface area contributed by atoms with Crippen LogP contribution in [0.4, 0.5) is 9.18 Å². The summed E-state index contributed by atoms with van der Waals surface area (Å²) in [6.45, 7) is 7.64. The largest absolute Gasteiger partial charge is 0.463 e. The van der Waals surface area contributed by atoms with Crippen LogP contribution in [0.2, 0.25) is 5.02 Å². The van der Waals surface area contributed by atoms with Crippen molar-refractivity contribution in [2.45, 2.75) is 51.8 Å². The van der Waals surface area contributed by atoms with Crippen molar-refractivity contribution in [3.8, 4) is 0 Å². The molecule has 1 aromatic rings. The first-order valence-corrected chi connectivity index (χ1v) is 9.73. The van der Waals surface area contributed by atoms with Gasteiger partial charge in [0.1, 0.15) is 11.3 Å². The SMILES string of the molecule is CCOC(=O)/C=C(/c1ccc(Cl)cc1)C1(F)CCN(C(=O)OC(C)(C)C)CC1. The zero-order valence-electron chi connectivity index (χ0n) is 16.8. The Balaban J connectivity index is 2.23. The van der Waals surface area contributed by atoms with Crippen LogP contribution in [-0.4, -0.2) is 47.9 Å². The Bertz CT molecular complexity index is 732. The summed E-state index contributed by atoms with van der Waals surface area (Å²) in [7, 11) is 0. The molecule has 0 spiro atoms. The highest BCUT2D eigenvalue weighted by Gasteiger charge is 2.41. The molecule has 7 heteroatoms. The van der Waals surface area contributed by atoms with Crippen LogP contribution < -0.4 is 0 Å². The quantitative estimate of drug-likeness (QED) is 0.515. The molecule has 0 aliphatic carbocycles. The normalized spacial score (nSPS) is 17.2. The van der Waals surface area contributed by atoms with E-state index in [-0.39, 0.29) is 38.1 Å². The van der Waals surface area contributed by atoms with Crippen LogP contribution in [0.3, 0.4) is 0 Å². The van der Waals surface area contributed by atoms with Gasteiger partial charge in [0, 0.05) is 42.6 Å². The molecule has 0 atom stereocenters. The highest BCUT2D eigenvalue weighted by Crippen LogP contribution is 2.40. The van der Waals surface area contributed by atoms with Crippen molar-refractivity contribution in [1.82, 2.24) is 4.90 Å². The molecule has 154 valence electrons. The van der Waals surface area contributed by atoms with Gasteiger partial charge in [0.15, 0.2) is 0 Å². The van der Waals surface area contributed by atoms with Crippen LogP contribution in [0.5, 0.6) is 0 Å². The van der Waals surface area contributed by atoms with Crippen molar-refractivity contribution in [3.63, 3.8) is 0 Å². The molecule has 1 amide bonds. The molecule has 1 fully saturated rings.